The molecule has 1 rings (SSSR count). The van der Waals surface area contributed by atoms with Crippen LogP contribution in [0, 0.1) is 18.3 Å². The van der Waals surface area contributed by atoms with Crippen LogP contribution in [0.3, 0.4) is 0 Å². The zero-order chi connectivity index (χ0) is 9.14. The summed E-state index contributed by atoms with van der Waals surface area (Å²) in [5.41, 5.74) is 1.62. The number of ether oxygens (including phenoxy) is 1. The van der Waals surface area contributed by atoms with Gasteiger partial charge in [-0.05, 0) is 40.5 Å². The first-order valence-electron chi connectivity index (χ1n) is 3.43. The Kier molecular flexibility index (Phi) is 2.72. The first kappa shape index (κ1) is 9.08. The molecular weight excluding hydrogens is 218 g/mol. The Balaban J connectivity index is 3.34. The molecule has 0 N–H and O–H groups in total. The molecule has 0 atom stereocenters. The summed E-state index contributed by atoms with van der Waals surface area (Å²) in [4.78, 5) is 0. The molecule has 0 aliphatic carbocycles. The zero-order valence-electron chi connectivity index (χ0n) is 6.89. The zero-order valence-corrected chi connectivity index (χ0v) is 8.47. The molecule has 12 heavy (non-hydrogen) atoms. The molecule has 0 bridgehead atoms. The normalized spacial score (nSPS) is 9.17. The number of methoxy groups -OCH3 is 1. The van der Waals surface area contributed by atoms with Gasteiger partial charge in [0.05, 0.1) is 17.1 Å². The molecule has 0 saturated heterocycles. The van der Waals surface area contributed by atoms with Crippen molar-refractivity contribution in [3.63, 3.8) is 0 Å². The van der Waals surface area contributed by atoms with Gasteiger partial charge in [-0.2, -0.15) is 5.26 Å². The van der Waals surface area contributed by atoms with Gasteiger partial charge in [-0.3, -0.25) is 0 Å². The lowest BCUT2D eigenvalue weighted by molar-refractivity contribution is 0.411. The van der Waals surface area contributed by atoms with Gasteiger partial charge in [0.25, 0.3) is 0 Å². The Bertz CT molecular complexity index is 341. The molecule has 0 unspecified atom stereocenters. The lowest BCUT2D eigenvalue weighted by atomic mass is 10.1. The number of aryl methyl sites for hydroxylation is 1. The highest BCUT2D eigenvalue weighted by Gasteiger charge is 2.06. The van der Waals surface area contributed by atoms with E-state index in [1.165, 1.54) is 0 Å². The van der Waals surface area contributed by atoms with E-state index in [1.54, 1.807) is 7.11 Å². The minimum atomic E-state index is 0.604. The van der Waals surface area contributed by atoms with Gasteiger partial charge >= 0.3 is 0 Å². The number of nitriles is 1. The summed E-state index contributed by atoms with van der Waals surface area (Å²) in [6.45, 7) is 1.93. The number of benzene rings is 1. The summed E-state index contributed by atoms with van der Waals surface area (Å²) < 4.78 is 5.79. The van der Waals surface area contributed by atoms with Crippen molar-refractivity contribution < 1.29 is 4.74 Å². The predicted octanol–water partition coefficient (Wildman–Crippen LogP) is 2.64. The van der Waals surface area contributed by atoms with E-state index in [0.29, 0.717) is 11.3 Å². The first-order chi connectivity index (χ1) is 5.69. The highest BCUT2D eigenvalue weighted by molar-refractivity contribution is 9.10. The van der Waals surface area contributed by atoms with Crippen molar-refractivity contribution in [3.8, 4) is 11.8 Å². The second-order valence-corrected chi connectivity index (χ2v) is 3.23. The van der Waals surface area contributed by atoms with Crippen molar-refractivity contribution in [1.82, 2.24) is 0 Å². The Hall–Kier alpha value is -1.01. The highest BCUT2D eigenvalue weighted by Crippen LogP contribution is 2.29. The van der Waals surface area contributed by atoms with Crippen LogP contribution < -0.4 is 4.74 Å². The minimum absolute atomic E-state index is 0.604. The molecule has 2 nitrogen and oxygen atoms in total. The lowest BCUT2D eigenvalue weighted by Gasteiger charge is -2.05. The van der Waals surface area contributed by atoms with Crippen LogP contribution in [-0.2, 0) is 0 Å². The maximum atomic E-state index is 8.73. The van der Waals surface area contributed by atoms with Crippen molar-refractivity contribution in [1.29, 1.82) is 5.26 Å². The monoisotopic (exact) mass is 225 g/mol. The first-order valence-corrected chi connectivity index (χ1v) is 4.22. The van der Waals surface area contributed by atoms with Gasteiger partial charge in [-0.25, -0.2) is 0 Å². The molecule has 0 aromatic heterocycles. The van der Waals surface area contributed by atoms with Crippen molar-refractivity contribution in [2.75, 3.05) is 7.11 Å². The van der Waals surface area contributed by atoms with Gasteiger partial charge in [-0.15, -0.1) is 0 Å². The van der Waals surface area contributed by atoms with Gasteiger partial charge in [0.15, 0.2) is 0 Å². The third-order valence-corrected chi connectivity index (χ3v) is 2.34. The maximum Gasteiger partial charge on any atom is 0.134 e. The topological polar surface area (TPSA) is 33.0 Å². The molecule has 0 spiro atoms. The van der Waals surface area contributed by atoms with Crippen molar-refractivity contribution in [3.05, 3.63) is 27.7 Å². The lowest BCUT2D eigenvalue weighted by Crippen LogP contribution is -1.88. The van der Waals surface area contributed by atoms with Gasteiger partial charge in [0.2, 0.25) is 0 Å². The quantitative estimate of drug-likeness (QED) is 0.737. The Morgan fingerprint density at radius 1 is 1.50 bits per heavy atom. The average molecular weight is 226 g/mol. The van der Waals surface area contributed by atoms with Gasteiger partial charge in [0.1, 0.15) is 11.8 Å². The third-order valence-electron chi connectivity index (χ3n) is 1.52. The van der Waals surface area contributed by atoms with E-state index in [2.05, 4.69) is 22.0 Å². The fourth-order valence-corrected chi connectivity index (χ4v) is 1.44. The van der Waals surface area contributed by atoms with E-state index in [1.807, 2.05) is 19.1 Å². The van der Waals surface area contributed by atoms with Crippen LogP contribution in [0.25, 0.3) is 0 Å². The molecule has 0 radical (unpaired) electrons. The average Bonchev–Trinajstić information content (AvgIpc) is 2.08. The molecule has 0 amide bonds. The highest BCUT2D eigenvalue weighted by atomic mass is 79.9. The fourth-order valence-electron chi connectivity index (χ4n) is 0.965. The Labute approximate surface area is 79.9 Å². The fraction of sp³-hybridized carbons (Fsp3) is 0.222. The second kappa shape index (κ2) is 3.59. The number of rotatable bonds is 1. The van der Waals surface area contributed by atoms with Gasteiger partial charge in [0, 0.05) is 0 Å². The van der Waals surface area contributed by atoms with Crippen molar-refractivity contribution in [2.24, 2.45) is 0 Å². The van der Waals surface area contributed by atoms with Crippen LogP contribution in [0.15, 0.2) is 16.6 Å². The van der Waals surface area contributed by atoms with E-state index >= 15 is 0 Å². The van der Waals surface area contributed by atoms with Crippen LogP contribution in [-0.4, -0.2) is 7.11 Å². The van der Waals surface area contributed by atoms with E-state index < -0.39 is 0 Å². The largest absolute Gasteiger partial charge is 0.496 e. The molecule has 1 aromatic rings. The number of halogens is 1. The third kappa shape index (κ3) is 1.59. The standard InChI is InChI=1S/C9H8BrNO/c1-6-3-7(5-11)9(10)8(4-6)12-2/h3-4H,1-2H3. The number of hydrogen-bond donors (Lipinski definition) is 0. The maximum absolute atomic E-state index is 8.73. The molecule has 0 aliphatic rings. The number of nitrogens with zero attached hydrogens (tertiary/aromatic N) is 1. The predicted molar refractivity (Wildman–Crippen MR) is 50.1 cm³/mol. The summed E-state index contributed by atoms with van der Waals surface area (Å²) in [5.74, 6) is 0.701. The van der Waals surface area contributed by atoms with E-state index in [4.69, 9.17) is 10.00 Å². The summed E-state index contributed by atoms with van der Waals surface area (Å²) in [6.07, 6.45) is 0. The molecule has 0 aliphatic heterocycles. The second-order valence-electron chi connectivity index (χ2n) is 2.44. The van der Waals surface area contributed by atoms with Gasteiger partial charge in [-0.1, -0.05) is 0 Å². The molecule has 0 fully saturated rings. The van der Waals surface area contributed by atoms with Crippen LogP contribution in [0.4, 0.5) is 0 Å². The summed E-state index contributed by atoms with van der Waals surface area (Å²) in [5, 5.41) is 8.73. The summed E-state index contributed by atoms with van der Waals surface area (Å²) >= 11 is 3.29. The number of hydrogen-bond acceptors (Lipinski definition) is 2. The molecule has 3 heteroatoms. The smallest absolute Gasteiger partial charge is 0.134 e. The van der Waals surface area contributed by atoms with E-state index in [0.717, 1.165) is 10.0 Å². The van der Waals surface area contributed by atoms with E-state index in [9.17, 15) is 0 Å². The Morgan fingerprint density at radius 3 is 2.67 bits per heavy atom. The van der Waals surface area contributed by atoms with Crippen LogP contribution >= 0.6 is 15.9 Å². The summed E-state index contributed by atoms with van der Waals surface area (Å²) in [6, 6.07) is 5.78. The minimum Gasteiger partial charge on any atom is -0.496 e. The molecular formula is C9H8BrNO. The molecule has 0 heterocycles. The summed E-state index contributed by atoms with van der Waals surface area (Å²) in [7, 11) is 1.58. The van der Waals surface area contributed by atoms with Crippen molar-refractivity contribution in [2.45, 2.75) is 6.92 Å². The molecule has 62 valence electrons. The van der Waals surface area contributed by atoms with Crippen LogP contribution in [0.5, 0.6) is 5.75 Å². The van der Waals surface area contributed by atoms with Gasteiger partial charge < -0.3 is 4.74 Å². The SMILES string of the molecule is COc1cc(C)cc(C#N)c1Br. The van der Waals surface area contributed by atoms with Crippen LogP contribution in [0.1, 0.15) is 11.1 Å². The molecule has 1 aromatic carbocycles. The van der Waals surface area contributed by atoms with Crippen molar-refractivity contribution >= 4 is 15.9 Å². The molecule has 0 saturated carbocycles. The van der Waals surface area contributed by atoms with Crippen LogP contribution in [0.2, 0.25) is 0 Å². The van der Waals surface area contributed by atoms with E-state index in [-0.39, 0.29) is 0 Å². The Morgan fingerprint density at radius 2 is 2.17 bits per heavy atom.